The fourth-order valence-corrected chi connectivity index (χ4v) is 2.48. The molecular formula is C20H19ClO3. The highest BCUT2D eigenvalue weighted by molar-refractivity contribution is 6.30. The number of methoxy groups -OCH3 is 2. The van der Waals surface area contributed by atoms with Crippen molar-refractivity contribution < 1.29 is 14.3 Å². The van der Waals surface area contributed by atoms with Gasteiger partial charge in [0.15, 0.2) is 17.3 Å². The maximum Gasteiger partial charge on any atom is 0.185 e. The molecule has 0 unspecified atom stereocenters. The molecule has 0 amide bonds. The normalized spacial score (nSPS) is 10.6. The van der Waals surface area contributed by atoms with Crippen molar-refractivity contribution in [1.29, 1.82) is 0 Å². The van der Waals surface area contributed by atoms with Crippen LogP contribution in [0.3, 0.4) is 0 Å². The number of benzene rings is 2. The molecule has 0 heterocycles. The second-order valence-corrected chi connectivity index (χ2v) is 5.55. The predicted molar refractivity (Wildman–Crippen MR) is 98.3 cm³/mol. The van der Waals surface area contributed by atoms with Crippen molar-refractivity contribution in [2.75, 3.05) is 14.2 Å². The molecule has 0 aliphatic carbocycles. The van der Waals surface area contributed by atoms with E-state index < -0.39 is 0 Å². The van der Waals surface area contributed by atoms with Crippen LogP contribution in [0.1, 0.15) is 21.5 Å². The van der Waals surface area contributed by atoms with Gasteiger partial charge in [0.25, 0.3) is 0 Å². The molecule has 0 aromatic heterocycles. The minimum Gasteiger partial charge on any atom is -0.493 e. The van der Waals surface area contributed by atoms with E-state index in [4.69, 9.17) is 21.1 Å². The van der Waals surface area contributed by atoms with E-state index in [0.29, 0.717) is 28.5 Å². The Morgan fingerprint density at radius 1 is 1.17 bits per heavy atom. The van der Waals surface area contributed by atoms with Gasteiger partial charge in [0.05, 0.1) is 14.2 Å². The Morgan fingerprint density at radius 3 is 2.46 bits per heavy atom. The van der Waals surface area contributed by atoms with E-state index in [-0.39, 0.29) is 5.78 Å². The number of rotatable bonds is 7. The van der Waals surface area contributed by atoms with Gasteiger partial charge in [-0.3, -0.25) is 4.79 Å². The minimum absolute atomic E-state index is 0.0910. The summed E-state index contributed by atoms with van der Waals surface area (Å²) in [7, 11) is 3.19. The van der Waals surface area contributed by atoms with Crippen LogP contribution in [0.5, 0.6) is 11.5 Å². The highest BCUT2D eigenvalue weighted by atomic mass is 35.5. The molecule has 0 radical (unpaired) electrons. The topological polar surface area (TPSA) is 35.5 Å². The standard InChI is InChI=1S/C20H19ClO3/c1-4-5-16-12-14(13-19(23-2)20(16)24-3)6-11-18(22)15-7-9-17(21)10-8-15/h4,6-13H,1,5H2,2-3H3/b11-6+. The highest BCUT2D eigenvalue weighted by Gasteiger charge is 2.11. The van der Waals surface area contributed by atoms with Crippen LogP contribution >= 0.6 is 11.6 Å². The third kappa shape index (κ3) is 4.27. The molecule has 124 valence electrons. The summed E-state index contributed by atoms with van der Waals surface area (Å²) in [5.41, 5.74) is 2.39. The molecule has 24 heavy (non-hydrogen) atoms. The van der Waals surface area contributed by atoms with Crippen molar-refractivity contribution >= 4 is 23.5 Å². The smallest absolute Gasteiger partial charge is 0.185 e. The maximum absolute atomic E-state index is 12.2. The molecule has 3 nitrogen and oxygen atoms in total. The number of hydrogen-bond donors (Lipinski definition) is 0. The van der Waals surface area contributed by atoms with Crippen LogP contribution in [0.15, 0.2) is 55.1 Å². The number of halogens is 1. The van der Waals surface area contributed by atoms with Crippen LogP contribution in [0.2, 0.25) is 5.02 Å². The van der Waals surface area contributed by atoms with E-state index in [0.717, 1.165) is 11.1 Å². The first-order chi connectivity index (χ1) is 11.6. The maximum atomic E-state index is 12.2. The van der Waals surface area contributed by atoms with Gasteiger partial charge in [-0.05, 0) is 54.5 Å². The number of ether oxygens (including phenoxy) is 2. The number of carbonyl (C=O) groups is 1. The van der Waals surface area contributed by atoms with E-state index in [9.17, 15) is 4.79 Å². The Hall–Kier alpha value is -2.52. The third-order valence-electron chi connectivity index (χ3n) is 3.50. The fourth-order valence-electron chi connectivity index (χ4n) is 2.35. The van der Waals surface area contributed by atoms with Gasteiger partial charge in [0.2, 0.25) is 0 Å². The minimum atomic E-state index is -0.0910. The van der Waals surface area contributed by atoms with E-state index in [2.05, 4.69) is 6.58 Å². The summed E-state index contributed by atoms with van der Waals surface area (Å²) in [6.07, 6.45) is 5.73. The SMILES string of the molecule is C=CCc1cc(/C=C/C(=O)c2ccc(Cl)cc2)cc(OC)c1OC. The predicted octanol–water partition coefficient (Wildman–Crippen LogP) is 4.98. The number of hydrogen-bond acceptors (Lipinski definition) is 3. The summed E-state index contributed by atoms with van der Waals surface area (Å²) in [4.78, 5) is 12.2. The Balaban J connectivity index is 2.31. The average molecular weight is 343 g/mol. The summed E-state index contributed by atoms with van der Waals surface area (Å²) in [5, 5.41) is 0.601. The molecule has 2 aromatic rings. The second-order valence-electron chi connectivity index (χ2n) is 5.11. The van der Waals surface area contributed by atoms with Gasteiger partial charge in [-0.2, -0.15) is 0 Å². The van der Waals surface area contributed by atoms with Gasteiger partial charge in [-0.25, -0.2) is 0 Å². The van der Waals surface area contributed by atoms with Gasteiger partial charge >= 0.3 is 0 Å². The molecule has 0 saturated heterocycles. The lowest BCUT2D eigenvalue weighted by Crippen LogP contribution is -1.97. The first kappa shape index (κ1) is 17.8. The highest BCUT2D eigenvalue weighted by Crippen LogP contribution is 2.33. The van der Waals surface area contributed by atoms with Crippen LogP contribution in [-0.2, 0) is 6.42 Å². The Kier molecular flexibility index (Phi) is 6.21. The third-order valence-corrected chi connectivity index (χ3v) is 3.75. The fraction of sp³-hybridized carbons (Fsp3) is 0.150. The summed E-state index contributed by atoms with van der Waals surface area (Å²) < 4.78 is 10.8. The molecule has 0 spiro atoms. The number of carbonyl (C=O) groups excluding carboxylic acids is 1. The molecule has 2 rings (SSSR count). The molecule has 0 saturated carbocycles. The van der Waals surface area contributed by atoms with Crippen molar-refractivity contribution in [2.45, 2.75) is 6.42 Å². The Labute approximate surface area is 147 Å². The van der Waals surface area contributed by atoms with Crippen LogP contribution in [-0.4, -0.2) is 20.0 Å². The lowest BCUT2D eigenvalue weighted by molar-refractivity contribution is 0.104. The largest absolute Gasteiger partial charge is 0.493 e. The molecule has 0 bridgehead atoms. The van der Waals surface area contributed by atoms with Crippen molar-refractivity contribution in [1.82, 2.24) is 0 Å². The number of ketones is 1. The van der Waals surface area contributed by atoms with Crippen LogP contribution in [0, 0.1) is 0 Å². The first-order valence-electron chi connectivity index (χ1n) is 7.42. The van der Waals surface area contributed by atoms with Gasteiger partial charge in [0.1, 0.15) is 0 Å². The van der Waals surface area contributed by atoms with Gasteiger partial charge < -0.3 is 9.47 Å². The zero-order valence-corrected chi connectivity index (χ0v) is 14.5. The summed E-state index contributed by atoms with van der Waals surface area (Å²) in [6, 6.07) is 10.6. The van der Waals surface area contributed by atoms with Crippen LogP contribution in [0.25, 0.3) is 6.08 Å². The summed E-state index contributed by atoms with van der Waals surface area (Å²) in [5.74, 6) is 1.21. The lowest BCUT2D eigenvalue weighted by Gasteiger charge is -2.13. The van der Waals surface area contributed by atoms with Gasteiger partial charge in [0, 0.05) is 16.1 Å². The van der Waals surface area contributed by atoms with E-state index in [1.165, 1.54) is 6.08 Å². The van der Waals surface area contributed by atoms with Crippen molar-refractivity contribution in [3.8, 4) is 11.5 Å². The van der Waals surface area contributed by atoms with E-state index >= 15 is 0 Å². The average Bonchev–Trinajstić information content (AvgIpc) is 2.60. The molecule has 0 aliphatic heterocycles. The Bertz CT molecular complexity index is 761. The molecule has 4 heteroatoms. The molecule has 2 aromatic carbocycles. The summed E-state index contributed by atoms with van der Waals surface area (Å²) >= 11 is 5.84. The second kappa shape index (κ2) is 8.37. The zero-order chi connectivity index (χ0) is 17.5. The van der Waals surface area contributed by atoms with Crippen LogP contribution < -0.4 is 9.47 Å². The Morgan fingerprint density at radius 2 is 1.88 bits per heavy atom. The molecular weight excluding hydrogens is 324 g/mol. The number of allylic oxidation sites excluding steroid dienone is 2. The first-order valence-corrected chi connectivity index (χ1v) is 7.80. The quantitative estimate of drug-likeness (QED) is 0.404. The van der Waals surface area contributed by atoms with Gasteiger partial charge in [-0.15, -0.1) is 6.58 Å². The zero-order valence-electron chi connectivity index (χ0n) is 13.7. The molecule has 0 atom stereocenters. The van der Waals surface area contributed by atoms with E-state index in [1.54, 1.807) is 50.6 Å². The lowest BCUT2D eigenvalue weighted by atomic mass is 10.0. The van der Waals surface area contributed by atoms with E-state index in [1.807, 2.05) is 12.1 Å². The van der Waals surface area contributed by atoms with Gasteiger partial charge in [-0.1, -0.05) is 23.8 Å². The summed E-state index contributed by atoms with van der Waals surface area (Å²) in [6.45, 7) is 3.76. The van der Waals surface area contributed by atoms with Crippen molar-refractivity contribution in [3.63, 3.8) is 0 Å². The molecule has 0 fully saturated rings. The van der Waals surface area contributed by atoms with Crippen molar-refractivity contribution in [3.05, 3.63) is 76.8 Å². The molecule has 0 aliphatic rings. The monoisotopic (exact) mass is 342 g/mol. The van der Waals surface area contributed by atoms with Crippen molar-refractivity contribution in [2.24, 2.45) is 0 Å². The van der Waals surface area contributed by atoms with Crippen LogP contribution in [0.4, 0.5) is 0 Å². The molecule has 0 N–H and O–H groups in total.